The number of rotatable bonds is 6. The monoisotopic (exact) mass is 286 g/mol. The van der Waals surface area contributed by atoms with Gasteiger partial charge in [-0.25, -0.2) is 4.79 Å². The summed E-state index contributed by atoms with van der Waals surface area (Å²) in [5, 5.41) is 9.06. The number of carboxylic acid groups (broad SMARTS) is 1. The average Bonchev–Trinajstić information content (AvgIpc) is 2.49. The molecular weight excluding hydrogens is 268 g/mol. The van der Waals surface area contributed by atoms with Gasteiger partial charge in [-0.2, -0.15) is 0 Å². The van der Waals surface area contributed by atoms with Gasteiger partial charge in [0.15, 0.2) is 0 Å². The summed E-state index contributed by atoms with van der Waals surface area (Å²) < 4.78 is 5.68. The highest BCUT2D eigenvalue weighted by Gasteiger charge is 2.11. The van der Waals surface area contributed by atoms with E-state index >= 15 is 0 Å². The van der Waals surface area contributed by atoms with Gasteiger partial charge in [0, 0.05) is 19.6 Å². The summed E-state index contributed by atoms with van der Waals surface area (Å²) in [5.74, 6) is 1.48. The summed E-state index contributed by atoms with van der Waals surface area (Å²) in [6.07, 6.45) is -0.968. The normalized spacial score (nSPS) is 10.1. The molecule has 0 heterocycles. The van der Waals surface area contributed by atoms with Gasteiger partial charge in [-0.3, -0.25) is 0 Å². The molecule has 3 N–H and O–H groups in total. The highest BCUT2D eigenvalue weighted by Crippen LogP contribution is 2.21. The number of para-hydroxylation sites is 1. The first kappa shape index (κ1) is 14.9. The summed E-state index contributed by atoms with van der Waals surface area (Å²) in [4.78, 5) is 12.3. The predicted octanol–water partition coefficient (Wildman–Crippen LogP) is 2.92. The molecule has 0 aromatic heterocycles. The first-order valence-electron chi connectivity index (χ1n) is 6.69. The van der Waals surface area contributed by atoms with Crippen LogP contribution in [-0.4, -0.2) is 29.2 Å². The van der Waals surface area contributed by atoms with Crippen molar-refractivity contribution in [3.05, 3.63) is 60.2 Å². The number of amides is 1. The second-order valence-electron chi connectivity index (χ2n) is 4.55. The lowest BCUT2D eigenvalue weighted by Gasteiger charge is -2.18. The summed E-state index contributed by atoms with van der Waals surface area (Å²) in [5.41, 5.74) is 6.30. The van der Waals surface area contributed by atoms with Crippen LogP contribution in [0.1, 0.15) is 5.56 Å². The number of carbonyl (C=O) groups is 1. The maximum absolute atomic E-state index is 11.0. The zero-order chi connectivity index (χ0) is 15.1. The van der Waals surface area contributed by atoms with Gasteiger partial charge >= 0.3 is 6.09 Å². The summed E-state index contributed by atoms with van der Waals surface area (Å²) in [6.45, 7) is 0.942. The summed E-state index contributed by atoms with van der Waals surface area (Å²) in [7, 11) is 0. The van der Waals surface area contributed by atoms with Crippen LogP contribution in [0.25, 0.3) is 0 Å². The molecule has 2 aromatic rings. The minimum Gasteiger partial charge on any atom is -0.465 e. The molecule has 0 aliphatic carbocycles. The Bertz CT molecular complexity index is 570. The van der Waals surface area contributed by atoms with E-state index in [1.165, 1.54) is 4.90 Å². The maximum atomic E-state index is 11.0. The van der Waals surface area contributed by atoms with E-state index in [0.29, 0.717) is 25.4 Å². The predicted molar refractivity (Wildman–Crippen MR) is 80.4 cm³/mol. The smallest absolute Gasteiger partial charge is 0.407 e. The van der Waals surface area contributed by atoms with E-state index in [2.05, 4.69) is 0 Å². The van der Waals surface area contributed by atoms with Crippen LogP contribution in [0.5, 0.6) is 11.5 Å². The third kappa shape index (κ3) is 4.50. The molecule has 1 amide bonds. The number of hydrogen-bond donors (Lipinski definition) is 2. The van der Waals surface area contributed by atoms with Crippen LogP contribution in [0.4, 0.5) is 4.79 Å². The van der Waals surface area contributed by atoms with Gasteiger partial charge in [-0.05, 0) is 29.8 Å². The van der Waals surface area contributed by atoms with E-state index in [4.69, 9.17) is 15.6 Å². The third-order valence-electron chi connectivity index (χ3n) is 2.95. The molecule has 0 unspecified atom stereocenters. The van der Waals surface area contributed by atoms with E-state index in [1.807, 2.05) is 54.6 Å². The van der Waals surface area contributed by atoms with Gasteiger partial charge in [-0.15, -0.1) is 0 Å². The van der Waals surface area contributed by atoms with Gasteiger partial charge in [0.05, 0.1) is 0 Å². The number of nitrogens with two attached hydrogens (primary N) is 1. The molecule has 5 nitrogen and oxygen atoms in total. The lowest BCUT2D eigenvalue weighted by Crippen LogP contribution is -2.33. The van der Waals surface area contributed by atoms with Crippen molar-refractivity contribution in [1.29, 1.82) is 0 Å². The van der Waals surface area contributed by atoms with Gasteiger partial charge < -0.3 is 20.5 Å². The van der Waals surface area contributed by atoms with Crippen molar-refractivity contribution in [2.45, 2.75) is 6.54 Å². The SMILES string of the molecule is NCCN(Cc1ccc(Oc2ccccc2)cc1)C(=O)O. The van der Waals surface area contributed by atoms with E-state index in [1.54, 1.807) is 0 Å². The standard InChI is InChI=1S/C16H18N2O3/c17-10-11-18(16(19)20)12-13-6-8-15(9-7-13)21-14-4-2-1-3-5-14/h1-9H,10-12,17H2,(H,19,20). The van der Waals surface area contributed by atoms with Crippen molar-refractivity contribution in [3.8, 4) is 11.5 Å². The first-order valence-corrected chi connectivity index (χ1v) is 6.69. The second-order valence-corrected chi connectivity index (χ2v) is 4.55. The van der Waals surface area contributed by atoms with Crippen molar-refractivity contribution in [2.75, 3.05) is 13.1 Å². The zero-order valence-corrected chi connectivity index (χ0v) is 11.6. The fourth-order valence-corrected chi connectivity index (χ4v) is 1.91. The molecule has 0 saturated carbocycles. The lowest BCUT2D eigenvalue weighted by atomic mass is 10.2. The molecule has 21 heavy (non-hydrogen) atoms. The topological polar surface area (TPSA) is 75.8 Å². The molecule has 2 aromatic carbocycles. The van der Waals surface area contributed by atoms with Gasteiger partial charge in [0.1, 0.15) is 11.5 Å². The van der Waals surface area contributed by atoms with Crippen molar-refractivity contribution in [1.82, 2.24) is 4.90 Å². The van der Waals surface area contributed by atoms with Crippen molar-refractivity contribution < 1.29 is 14.6 Å². The highest BCUT2D eigenvalue weighted by atomic mass is 16.5. The molecule has 110 valence electrons. The Morgan fingerprint density at radius 2 is 1.67 bits per heavy atom. The van der Waals surface area contributed by atoms with Gasteiger partial charge in [-0.1, -0.05) is 30.3 Å². The minimum atomic E-state index is -0.968. The zero-order valence-electron chi connectivity index (χ0n) is 11.6. The molecule has 0 spiro atoms. The van der Waals surface area contributed by atoms with Crippen LogP contribution in [0.15, 0.2) is 54.6 Å². The second kappa shape index (κ2) is 7.31. The lowest BCUT2D eigenvalue weighted by molar-refractivity contribution is 0.144. The number of hydrogen-bond acceptors (Lipinski definition) is 3. The van der Waals surface area contributed by atoms with Crippen molar-refractivity contribution in [3.63, 3.8) is 0 Å². The van der Waals surface area contributed by atoms with Crippen LogP contribution >= 0.6 is 0 Å². The largest absolute Gasteiger partial charge is 0.465 e. The van der Waals surface area contributed by atoms with E-state index in [-0.39, 0.29) is 0 Å². The Morgan fingerprint density at radius 1 is 1.05 bits per heavy atom. The third-order valence-corrected chi connectivity index (χ3v) is 2.95. The Labute approximate surface area is 123 Å². The molecular formula is C16H18N2O3. The van der Waals surface area contributed by atoms with Gasteiger partial charge in [0.25, 0.3) is 0 Å². The fourth-order valence-electron chi connectivity index (χ4n) is 1.91. The molecule has 2 rings (SSSR count). The van der Waals surface area contributed by atoms with Gasteiger partial charge in [0.2, 0.25) is 0 Å². The van der Waals surface area contributed by atoms with Crippen LogP contribution in [0, 0.1) is 0 Å². The Hall–Kier alpha value is -2.53. The van der Waals surface area contributed by atoms with E-state index in [0.717, 1.165) is 11.3 Å². The van der Waals surface area contributed by atoms with Crippen molar-refractivity contribution >= 4 is 6.09 Å². The average molecular weight is 286 g/mol. The summed E-state index contributed by atoms with van der Waals surface area (Å²) in [6, 6.07) is 16.8. The number of ether oxygens (including phenoxy) is 1. The number of nitrogens with zero attached hydrogens (tertiary/aromatic N) is 1. The van der Waals surface area contributed by atoms with Crippen LogP contribution in [0.3, 0.4) is 0 Å². The highest BCUT2D eigenvalue weighted by molar-refractivity contribution is 5.65. The number of benzene rings is 2. The molecule has 0 bridgehead atoms. The van der Waals surface area contributed by atoms with Crippen molar-refractivity contribution in [2.24, 2.45) is 5.73 Å². The van der Waals surface area contributed by atoms with Crippen LogP contribution < -0.4 is 10.5 Å². The Morgan fingerprint density at radius 3 is 2.24 bits per heavy atom. The molecule has 0 fully saturated rings. The quantitative estimate of drug-likeness (QED) is 0.856. The Kier molecular flexibility index (Phi) is 5.17. The first-order chi connectivity index (χ1) is 10.2. The van der Waals surface area contributed by atoms with E-state index < -0.39 is 6.09 Å². The molecule has 0 atom stereocenters. The van der Waals surface area contributed by atoms with Crippen LogP contribution in [0.2, 0.25) is 0 Å². The molecule has 0 saturated heterocycles. The minimum absolute atomic E-state index is 0.307. The Balaban J connectivity index is 2.00. The molecule has 0 aliphatic rings. The van der Waals surface area contributed by atoms with E-state index in [9.17, 15) is 4.79 Å². The maximum Gasteiger partial charge on any atom is 0.407 e. The molecule has 0 radical (unpaired) electrons. The molecule has 5 heteroatoms. The summed E-state index contributed by atoms with van der Waals surface area (Å²) >= 11 is 0. The molecule has 0 aliphatic heterocycles. The van der Waals surface area contributed by atoms with Crippen LogP contribution in [-0.2, 0) is 6.54 Å². The fraction of sp³-hybridized carbons (Fsp3) is 0.188.